The summed E-state index contributed by atoms with van der Waals surface area (Å²) >= 11 is 3.17. The van der Waals surface area contributed by atoms with Gasteiger partial charge in [-0.1, -0.05) is 15.9 Å². The van der Waals surface area contributed by atoms with Crippen molar-refractivity contribution >= 4 is 39.4 Å². The molecule has 0 heterocycles. The minimum absolute atomic E-state index is 0.183. The van der Waals surface area contributed by atoms with Crippen molar-refractivity contribution in [1.82, 2.24) is 5.32 Å². The van der Waals surface area contributed by atoms with Crippen molar-refractivity contribution in [2.75, 3.05) is 5.73 Å². The second-order valence-corrected chi connectivity index (χ2v) is 4.72. The van der Waals surface area contributed by atoms with Crippen molar-refractivity contribution in [2.24, 2.45) is 5.73 Å². The van der Waals surface area contributed by atoms with Crippen LogP contribution < -0.4 is 16.8 Å². The molecule has 2 amide bonds. The molecule has 0 saturated carbocycles. The van der Waals surface area contributed by atoms with Crippen LogP contribution in [-0.4, -0.2) is 28.9 Å². The van der Waals surface area contributed by atoms with Crippen LogP contribution in [0, 0.1) is 0 Å². The number of anilines is 1. The average Bonchev–Trinajstić information content (AvgIpc) is 2.25. The van der Waals surface area contributed by atoms with E-state index in [2.05, 4.69) is 21.2 Å². The van der Waals surface area contributed by atoms with E-state index >= 15 is 0 Å². The average molecular weight is 330 g/mol. The molecule has 1 unspecified atom stereocenters. The Hall–Kier alpha value is -2.09. The molecule has 6 N–H and O–H groups in total. The van der Waals surface area contributed by atoms with Crippen molar-refractivity contribution in [3.05, 3.63) is 28.2 Å². The third-order valence-corrected chi connectivity index (χ3v) is 2.65. The Morgan fingerprint density at radius 3 is 2.42 bits per heavy atom. The smallest absolute Gasteiger partial charge is 0.326 e. The molecule has 0 spiro atoms. The van der Waals surface area contributed by atoms with E-state index in [-0.39, 0.29) is 5.56 Å². The van der Waals surface area contributed by atoms with Gasteiger partial charge in [0.25, 0.3) is 5.91 Å². The molecule has 0 fully saturated rings. The van der Waals surface area contributed by atoms with Crippen LogP contribution in [0.3, 0.4) is 0 Å². The number of rotatable bonds is 5. The van der Waals surface area contributed by atoms with Gasteiger partial charge in [-0.2, -0.15) is 0 Å². The monoisotopic (exact) mass is 329 g/mol. The van der Waals surface area contributed by atoms with Crippen LogP contribution >= 0.6 is 15.9 Å². The quantitative estimate of drug-likeness (QED) is 0.567. The van der Waals surface area contributed by atoms with Crippen LogP contribution in [0.5, 0.6) is 0 Å². The highest BCUT2D eigenvalue weighted by Gasteiger charge is 2.22. The third kappa shape index (κ3) is 4.59. The van der Waals surface area contributed by atoms with Gasteiger partial charge in [-0.05, 0) is 18.2 Å². The molecule has 0 bridgehead atoms. The number of nitrogen functional groups attached to an aromatic ring is 1. The van der Waals surface area contributed by atoms with Crippen LogP contribution in [0.1, 0.15) is 16.8 Å². The second-order valence-electron chi connectivity index (χ2n) is 3.81. The van der Waals surface area contributed by atoms with E-state index in [0.717, 1.165) is 0 Å². The van der Waals surface area contributed by atoms with Crippen molar-refractivity contribution in [3.63, 3.8) is 0 Å². The molecule has 1 aromatic rings. The molecular formula is C11H12BrN3O4. The summed E-state index contributed by atoms with van der Waals surface area (Å²) in [6, 6.07) is 3.10. The first-order valence-electron chi connectivity index (χ1n) is 5.17. The number of carboxylic acid groups (broad SMARTS) is 1. The minimum atomic E-state index is -1.37. The number of nitrogens with two attached hydrogens (primary N) is 2. The standard InChI is InChI=1S/C11H12BrN3O4/c12-6-1-5(2-7(13)3-6)10(17)15-8(11(18)19)4-9(14)16/h1-3,8H,4,13H2,(H2,14,16)(H,15,17)(H,18,19). The molecule has 0 aromatic heterocycles. The highest BCUT2D eigenvalue weighted by Crippen LogP contribution is 2.17. The Labute approximate surface area is 117 Å². The molecule has 19 heavy (non-hydrogen) atoms. The van der Waals surface area contributed by atoms with E-state index in [0.29, 0.717) is 10.2 Å². The van der Waals surface area contributed by atoms with Crippen LogP contribution in [0.15, 0.2) is 22.7 Å². The fourth-order valence-electron chi connectivity index (χ4n) is 1.39. The lowest BCUT2D eigenvalue weighted by Gasteiger charge is -2.13. The predicted molar refractivity (Wildman–Crippen MR) is 71.3 cm³/mol. The topological polar surface area (TPSA) is 136 Å². The molecule has 102 valence electrons. The number of carbonyl (C=O) groups excluding carboxylic acids is 2. The summed E-state index contributed by atoms with van der Waals surface area (Å²) in [7, 11) is 0. The number of hydrogen-bond acceptors (Lipinski definition) is 4. The van der Waals surface area contributed by atoms with Gasteiger partial charge in [0.05, 0.1) is 6.42 Å². The summed E-state index contributed by atoms with van der Waals surface area (Å²) in [6.45, 7) is 0. The molecule has 0 aliphatic rings. The van der Waals surface area contributed by atoms with E-state index in [1.165, 1.54) is 12.1 Å². The summed E-state index contributed by atoms with van der Waals surface area (Å²) < 4.78 is 0.583. The summed E-state index contributed by atoms with van der Waals surface area (Å²) in [5.74, 6) is -2.81. The maximum Gasteiger partial charge on any atom is 0.326 e. The second kappa shape index (κ2) is 6.19. The Balaban J connectivity index is 2.87. The molecule has 0 aliphatic heterocycles. The van der Waals surface area contributed by atoms with Gasteiger partial charge in [0.2, 0.25) is 5.91 Å². The Morgan fingerprint density at radius 1 is 1.32 bits per heavy atom. The predicted octanol–water partition coefficient (Wildman–Crippen LogP) is 0.0897. The number of nitrogens with one attached hydrogen (secondary N) is 1. The molecular weight excluding hydrogens is 318 g/mol. The zero-order chi connectivity index (χ0) is 14.6. The Bertz CT molecular complexity index is 512. The van der Waals surface area contributed by atoms with Crippen LogP contribution in [0.25, 0.3) is 0 Å². The number of amides is 2. The lowest BCUT2D eigenvalue weighted by molar-refractivity contribution is -0.140. The summed E-state index contributed by atoms with van der Waals surface area (Å²) in [6.07, 6.45) is -0.482. The number of benzene rings is 1. The molecule has 0 radical (unpaired) electrons. The van der Waals surface area contributed by atoms with Gasteiger partial charge in [-0.15, -0.1) is 0 Å². The number of carbonyl (C=O) groups is 3. The Kier molecular flexibility index (Phi) is 4.87. The van der Waals surface area contributed by atoms with E-state index in [1.807, 2.05) is 0 Å². The van der Waals surface area contributed by atoms with E-state index in [4.69, 9.17) is 16.6 Å². The minimum Gasteiger partial charge on any atom is -0.480 e. The van der Waals surface area contributed by atoms with Crippen molar-refractivity contribution in [1.29, 1.82) is 0 Å². The van der Waals surface area contributed by atoms with Crippen molar-refractivity contribution in [3.8, 4) is 0 Å². The number of aliphatic carboxylic acids is 1. The van der Waals surface area contributed by atoms with Gasteiger partial charge in [-0.3, -0.25) is 9.59 Å². The summed E-state index contributed by atoms with van der Waals surface area (Å²) in [4.78, 5) is 33.4. The van der Waals surface area contributed by atoms with Gasteiger partial charge in [-0.25, -0.2) is 4.79 Å². The molecule has 0 saturated heterocycles. The van der Waals surface area contributed by atoms with Gasteiger partial charge in [0, 0.05) is 15.7 Å². The normalized spacial score (nSPS) is 11.6. The van der Waals surface area contributed by atoms with Crippen LogP contribution in [0.4, 0.5) is 5.69 Å². The largest absolute Gasteiger partial charge is 0.480 e. The summed E-state index contributed by atoms with van der Waals surface area (Å²) in [5, 5.41) is 11.1. The van der Waals surface area contributed by atoms with Crippen LogP contribution in [-0.2, 0) is 9.59 Å². The van der Waals surface area contributed by atoms with Crippen molar-refractivity contribution in [2.45, 2.75) is 12.5 Å². The maximum absolute atomic E-state index is 11.8. The zero-order valence-electron chi connectivity index (χ0n) is 9.72. The van der Waals surface area contributed by atoms with Gasteiger partial charge in [0.1, 0.15) is 6.04 Å². The first-order valence-corrected chi connectivity index (χ1v) is 5.97. The van der Waals surface area contributed by atoms with E-state index in [9.17, 15) is 14.4 Å². The number of primary amides is 1. The molecule has 1 rings (SSSR count). The lowest BCUT2D eigenvalue weighted by atomic mass is 10.1. The first-order chi connectivity index (χ1) is 8.79. The van der Waals surface area contributed by atoms with Crippen molar-refractivity contribution < 1.29 is 19.5 Å². The molecule has 8 heteroatoms. The highest BCUT2D eigenvalue weighted by molar-refractivity contribution is 9.10. The first kappa shape index (κ1) is 15.0. The summed E-state index contributed by atoms with van der Waals surface area (Å²) in [5.41, 5.74) is 11.0. The maximum atomic E-state index is 11.8. The van der Waals surface area contributed by atoms with Gasteiger partial charge in [0.15, 0.2) is 0 Å². The number of halogens is 1. The SMILES string of the molecule is NC(=O)CC(NC(=O)c1cc(N)cc(Br)c1)C(=O)O. The molecule has 7 nitrogen and oxygen atoms in total. The Morgan fingerprint density at radius 2 is 1.95 bits per heavy atom. The fourth-order valence-corrected chi connectivity index (χ4v) is 1.90. The van der Waals surface area contributed by atoms with E-state index < -0.39 is 30.2 Å². The van der Waals surface area contributed by atoms with Crippen LogP contribution in [0.2, 0.25) is 0 Å². The molecule has 1 atom stereocenters. The van der Waals surface area contributed by atoms with Gasteiger partial charge < -0.3 is 21.9 Å². The lowest BCUT2D eigenvalue weighted by Crippen LogP contribution is -2.43. The highest BCUT2D eigenvalue weighted by atomic mass is 79.9. The number of carboxylic acids is 1. The van der Waals surface area contributed by atoms with E-state index in [1.54, 1.807) is 6.07 Å². The third-order valence-electron chi connectivity index (χ3n) is 2.19. The zero-order valence-corrected chi connectivity index (χ0v) is 11.3. The number of hydrogen-bond donors (Lipinski definition) is 4. The molecule has 1 aromatic carbocycles. The fraction of sp³-hybridized carbons (Fsp3) is 0.182. The molecule has 0 aliphatic carbocycles. The van der Waals surface area contributed by atoms with Gasteiger partial charge >= 0.3 is 5.97 Å².